The first-order valence-electron chi connectivity index (χ1n) is 6.43. The van der Waals surface area contributed by atoms with Crippen LogP contribution in [0.3, 0.4) is 0 Å². The summed E-state index contributed by atoms with van der Waals surface area (Å²) in [5.74, 6) is 7.03. The van der Waals surface area contributed by atoms with Crippen LogP contribution in [0.15, 0.2) is 6.33 Å². The van der Waals surface area contributed by atoms with E-state index in [2.05, 4.69) is 34.6 Å². The Labute approximate surface area is 107 Å². The molecule has 0 aliphatic carbocycles. The molecule has 0 spiro atoms. The van der Waals surface area contributed by atoms with Crippen LogP contribution >= 0.6 is 0 Å². The van der Waals surface area contributed by atoms with Crippen LogP contribution < -0.4 is 16.6 Å². The smallest absolute Gasteiger partial charge is 0.148 e. The van der Waals surface area contributed by atoms with E-state index in [1.165, 1.54) is 6.33 Å². The summed E-state index contributed by atoms with van der Waals surface area (Å²) in [6, 6.07) is 0.402. The lowest BCUT2D eigenvalue weighted by Crippen LogP contribution is -2.33. The predicted molar refractivity (Wildman–Crippen MR) is 71.3 cm³/mol. The second-order valence-corrected chi connectivity index (χ2v) is 4.59. The van der Waals surface area contributed by atoms with Crippen LogP contribution in [0.25, 0.3) is 0 Å². The molecule has 2 rings (SSSR count). The average Bonchev–Trinajstić information content (AvgIpc) is 2.38. The molecule has 2 atom stereocenters. The monoisotopic (exact) mass is 251 g/mol. The van der Waals surface area contributed by atoms with Gasteiger partial charge in [0.05, 0.1) is 6.10 Å². The molecule has 0 bridgehead atoms. The normalized spacial score (nSPS) is 23.7. The van der Waals surface area contributed by atoms with Crippen molar-refractivity contribution >= 4 is 11.6 Å². The number of rotatable bonds is 4. The Kier molecular flexibility index (Phi) is 4.33. The summed E-state index contributed by atoms with van der Waals surface area (Å²) in [7, 11) is 0. The van der Waals surface area contributed by atoms with E-state index in [0.29, 0.717) is 18.0 Å². The van der Waals surface area contributed by atoms with E-state index in [9.17, 15) is 0 Å². The van der Waals surface area contributed by atoms with Gasteiger partial charge < -0.3 is 15.5 Å². The summed E-state index contributed by atoms with van der Waals surface area (Å²) in [5, 5.41) is 3.48. The van der Waals surface area contributed by atoms with Gasteiger partial charge in [0.25, 0.3) is 0 Å². The maximum absolute atomic E-state index is 5.54. The number of hydrogen-bond donors (Lipinski definition) is 3. The van der Waals surface area contributed by atoms with Crippen molar-refractivity contribution in [2.45, 2.75) is 45.3 Å². The van der Waals surface area contributed by atoms with Gasteiger partial charge in [0, 0.05) is 18.2 Å². The maximum atomic E-state index is 5.54. The molecule has 6 heteroatoms. The number of anilines is 2. The molecule has 18 heavy (non-hydrogen) atoms. The van der Waals surface area contributed by atoms with Crippen LogP contribution in [0, 0.1) is 0 Å². The van der Waals surface area contributed by atoms with Gasteiger partial charge in [-0.1, -0.05) is 6.92 Å². The second-order valence-electron chi connectivity index (χ2n) is 4.59. The van der Waals surface area contributed by atoms with Crippen molar-refractivity contribution < 1.29 is 4.74 Å². The molecule has 1 aliphatic rings. The van der Waals surface area contributed by atoms with Gasteiger partial charge in [0.2, 0.25) is 0 Å². The second kappa shape index (κ2) is 5.97. The molecular weight excluding hydrogens is 230 g/mol. The van der Waals surface area contributed by atoms with Gasteiger partial charge in [0.15, 0.2) is 0 Å². The molecule has 0 saturated carbocycles. The van der Waals surface area contributed by atoms with E-state index >= 15 is 0 Å². The third kappa shape index (κ3) is 2.88. The topological polar surface area (TPSA) is 85.1 Å². The molecule has 0 aromatic carbocycles. The van der Waals surface area contributed by atoms with Crippen molar-refractivity contribution in [2.24, 2.45) is 5.84 Å². The first kappa shape index (κ1) is 13.0. The molecule has 1 saturated heterocycles. The minimum Gasteiger partial charge on any atom is -0.378 e. The van der Waals surface area contributed by atoms with E-state index < -0.39 is 0 Å². The molecule has 1 aromatic heterocycles. The Morgan fingerprint density at radius 1 is 1.44 bits per heavy atom. The SMILES string of the molecule is CCc1c(NN)ncnc1NC1CCOC(C)C1. The fraction of sp³-hybridized carbons (Fsp3) is 0.667. The van der Waals surface area contributed by atoms with Crippen molar-refractivity contribution in [1.82, 2.24) is 9.97 Å². The number of hydrogen-bond acceptors (Lipinski definition) is 6. The number of nitrogens with zero attached hydrogens (tertiary/aromatic N) is 2. The van der Waals surface area contributed by atoms with Crippen LogP contribution in [0.2, 0.25) is 0 Å². The summed E-state index contributed by atoms with van der Waals surface area (Å²) in [6.07, 6.45) is 4.66. The van der Waals surface area contributed by atoms with Crippen molar-refractivity contribution in [1.29, 1.82) is 0 Å². The van der Waals surface area contributed by atoms with Crippen LogP contribution in [0.4, 0.5) is 11.6 Å². The zero-order valence-electron chi connectivity index (χ0n) is 10.9. The molecule has 2 heterocycles. The number of nitrogen functional groups attached to an aromatic ring is 1. The van der Waals surface area contributed by atoms with Crippen molar-refractivity contribution in [3.8, 4) is 0 Å². The Balaban J connectivity index is 2.12. The lowest BCUT2D eigenvalue weighted by Gasteiger charge is -2.29. The van der Waals surface area contributed by atoms with Crippen LogP contribution in [0.5, 0.6) is 0 Å². The van der Waals surface area contributed by atoms with E-state index in [1.54, 1.807) is 0 Å². The highest BCUT2D eigenvalue weighted by Crippen LogP contribution is 2.23. The van der Waals surface area contributed by atoms with Gasteiger partial charge in [-0.2, -0.15) is 0 Å². The number of aromatic nitrogens is 2. The van der Waals surface area contributed by atoms with Crippen molar-refractivity contribution in [3.05, 3.63) is 11.9 Å². The maximum Gasteiger partial charge on any atom is 0.148 e. The van der Waals surface area contributed by atoms with Gasteiger partial charge in [0.1, 0.15) is 18.0 Å². The van der Waals surface area contributed by atoms with Gasteiger partial charge in [-0.05, 0) is 26.2 Å². The van der Waals surface area contributed by atoms with Crippen molar-refractivity contribution in [2.75, 3.05) is 17.3 Å². The van der Waals surface area contributed by atoms with Crippen LogP contribution in [-0.4, -0.2) is 28.7 Å². The largest absolute Gasteiger partial charge is 0.378 e. The summed E-state index contributed by atoms with van der Waals surface area (Å²) in [5.41, 5.74) is 3.64. The molecular formula is C12H21N5O. The molecule has 6 nitrogen and oxygen atoms in total. The first-order valence-corrected chi connectivity index (χ1v) is 6.43. The summed E-state index contributed by atoms with van der Waals surface area (Å²) < 4.78 is 5.54. The lowest BCUT2D eigenvalue weighted by atomic mass is 10.0. The Morgan fingerprint density at radius 3 is 2.89 bits per heavy atom. The summed E-state index contributed by atoms with van der Waals surface area (Å²) in [6.45, 7) is 4.96. The first-order chi connectivity index (χ1) is 8.74. The fourth-order valence-corrected chi connectivity index (χ4v) is 2.32. The van der Waals surface area contributed by atoms with Gasteiger partial charge >= 0.3 is 0 Å². The third-order valence-corrected chi connectivity index (χ3v) is 3.26. The minimum atomic E-state index is 0.301. The van der Waals surface area contributed by atoms with Gasteiger partial charge in [-0.25, -0.2) is 15.8 Å². The zero-order valence-corrected chi connectivity index (χ0v) is 10.9. The van der Waals surface area contributed by atoms with Crippen LogP contribution in [-0.2, 0) is 11.2 Å². The molecule has 4 N–H and O–H groups in total. The van der Waals surface area contributed by atoms with E-state index in [1.807, 2.05) is 0 Å². The Bertz CT molecular complexity index is 398. The number of hydrazine groups is 1. The summed E-state index contributed by atoms with van der Waals surface area (Å²) >= 11 is 0. The highest BCUT2D eigenvalue weighted by atomic mass is 16.5. The molecule has 100 valence electrons. The van der Waals surface area contributed by atoms with E-state index in [0.717, 1.165) is 37.3 Å². The molecule has 1 aromatic rings. The zero-order chi connectivity index (χ0) is 13.0. The molecule has 1 aliphatic heterocycles. The Morgan fingerprint density at radius 2 is 2.22 bits per heavy atom. The number of nitrogens with one attached hydrogen (secondary N) is 2. The van der Waals surface area contributed by atoms with E-state index in [-0.39, 0.29) is 0 Å². The molecule has 1 fully saturated rings. The van der Waals surface area contributed by atoms with Gasteiger partial charge in [-0.3, -0.25) is 0 Å². The highest BCUT2D eigenvalue weighted by Gasteiger charge is 2.20. The third-order valence-electron chi connectivity index (χ3n) is 3.26. The quantitative estimate of drug-likeness (QED) is 0.552. The average molecular weight is 251 g/mol. The standard InChI is InChI=1S/C12H21N5O/c1-3-10-11(14-7-15-12(10)17-13)16-9-4-5-18-8(2)6-9/h7-9H,3-6,13H2,1-2H3,(H2,14,15,16,17). The molecule has 0 radical (unpaired) electrons. The number of ether oxygens (including phenoxy) is 1. The number of nitrogens with two attached hydrogens (primary N) is 1. The molecule has 2 unspecified atom stereocenters. The van der Waals surface area contributed by atoms with Gasteiger partial charge in [-0.15, -0.1) is 0 Å². The fourth-order valence-electron chi connectivity index (χ4n) is 2.32. The van der Waals surface area contributed by atoms with Crippen molar-refractivity contribution in [3.63, 3.8) is 0 Å². The van der Waals surface area contributed by atoms with Crippen LogP contribution in [0.1, 0.15) is 32.3 Å². The molecule has 0 amide bonds. The summed E-state index contributed by atoms with van der Waals surface area (Å²) in [4.78, 5) is 8.44. The minimum absolute atomic E-state index is 0.301. The predicted octanol–water partition coefficient (Wildman–Crippen LogP) is 1.30. The lowest BCUT2D eigenvalue weighted by molar-refractivity contribution is 0.0231. The van der Waals surface area contributed by atoms with E-state index in [4.69, 9.17) is 10.6 Å². The highest BCUT2D eigenvalue weighted by molar-refractivity contribution is 5.57. The Hall–Kier alpha value is -1.40.